The van der Waals surface area contributed by atoms with Crippen molar-refractivity contribution in [2.24, 2.45) is 5.73 Å². The molecule has 0 saturated heterocycles. The van der Waals surface area contributed by atoms with Crippen molar-refractivity contribution >= 4 is 15.9 Å². The van der Waals surface area contributed by atoms with Crippen LogP contribution in [0.15, 0.2) is 28.7 Å². The van der Waals surface area contributed by atoms with Crippen LogP contribution in [0.25, 0.3) is 0 Å². The van der Waals surface area contributed by atoms with Crippen LogP contribution in [-0.2, 0) is 0 Å². The van der Waals surface area contributed by atoms with Gasteiger partial charge in [-0.2, -0.15) is 0 Å². The molecule has 1 atom stereocenters. The molecular weight excluding hydrogens is 242 g/mol. The first kappa shape index (κ1) is 11.7. The molecule has 0 radical (unpaired) electrons. The number of hydrogen-bond donors (Lipinski definition) is 2. The molecule has 0 amide bonds. The lowest BCUT2D eigenvalue weighted by Gasteiger charge is -2.22. The van der Waals surface area contributed by atoms with Gasteiger partial charge >= 0.3 is 0 Å². The Hall–Kier alpha value is -0.420. The second-order valence-electron chi connectivity index (χ2n) is 3.37. The topological polar surface area (TPSA) is 41.3 Å². The molecule has 0 aliphatic heterocycles. The van der Waals surface area contributed by atoms with Crippen molar-refractivity contribution in [1.82, 2.24) is 10.4 Å². The monoisotopic (exact) mass is 257 g/mol. The molecule has 0 aromatic heterocycles. The van der Waals surface area contributed by atoms with Gasteiger partial charge in [0.05, 0.1) is 6.04 Å². The summed E-state index contributed by atoms with van der Waals surface area (Å²) in [5.74, 6) is 0. The van der Waals surface area contributed by atoms with E-state index in [1.165, 1.54) is 5.56 Å². The van der Waals surface area contributed by atoms with Crippen LogP contribution in [0.1, 0.15) is 11.6 Å². The highest BCUT2D eigenvalue weighted by molar-refractivity contribution is 9.10. The van der Waals surface area contributed by atoms with Gasteiger partial charge in [-0.1, -0.05) is 28.1 Å². The Balaban J connectivity index is 2.78. The maximum absolute atomic E-state index is 5.70. The van der Waals surface area contributed by atoms with Crippen LogP contribution in [0.4, 0.5) is 0 Å². The molecule has 1 aromatic rings. The average molecular weight is 258 g/mol. The van der Waals surface area contributed by atoms with Crippen molar-refractivity contribution < 1.29 is 0 Å². The molecule has 78 valence electrons. The second-order valence-corrected chi connectivity index (χ2v) is 4.28. The number of hydrogen-bond acceptors (Lipinski definition) is 3. The number of benzene rings is 1. The smallest absolute Gasteiger partial charge is 0.0587 e. The van der Waals surface area contributed by atoms with E-state index in [1.54, 1.807) is 0 Å². The van der Waals surface area contributed by atoms with Crippen molar-refractivity contribution in [2.45, 2.75) is 6.04 Å². The molecule has 0 saturated carbocycles. The van der Waals surface area contributed by atoms with Gasteiger partial charge in [-0.25, -0.2) is 10.4 Å². The number of halogens is 1. The molecule has 0 spiro atoms. The first-order valence-electron chi connectivity index (χ1n) is 4.52. The third-order valence-electron chi connectivity index (χ3n) is 1.90. The number of nitrogens with two attached hydrogens (primary N) is 1. The van der Waals surface area contributed by atoms with E-state index in [0.29, 0.717) is 6.54 Å². The molecule has 0 bridgehead atoms. The lowest BCUT2D eigenvalue weighted by Crippen LogP contribution is -2.37. The molecule has 0 heterocycles. The number of nitrogens with zero attached hydrogens (tertiary/aromatic N) is 1. The minimum absolute atomic E-state index is 0.169. The fourth-order valence-corrected chi connectivity index (χ4v) is 1.72. The van der Waals surface area contributed by atoms with Gasteiger partial charge < -0.3 is 5.73 Å². The molecule has 1 unspecified atom stereocenters. The lowest BCUT2D eigenvalue weighted by molar-refractivity contribution is 0.245. The first-order valence-corrected chi connectivity index (χ1v) is 5.32. The van der Waals surface area contributed by atoms with E-state index in [9.17, 15) is 0 Å². The molecule has 3 N–H and O–H groups in total. The fraction of sp³-hybridized carbons (Fsp3) is 0.400. The molecule has 4 heteroatoms. The third-order valence-corrected chi connectivity index (χ3v) is 2.39. The molecule has 1 rings (SSSR count). The van der Waals surface area contributed by atoms with E-state index in [-0.39, 0.29) is 6.04 Å². The summed E-state index contributed by atoms with van der Waals surface area (Å²) in [5.41, 5.74) is 10.1. The molecule has 0 aliphatic carbocycles. The highest BCUT2D eigenvalue weighted by atomic mass is 79.9. The van der Waals surface area contributed by atoms with E-state index < -0.39 is 0 Å². The number of nitrogens with one attached hydrogen (secondary N) is 1. The number of rotatable bonds is 4. The van der Waals surface area contributed by atoms with Gasteiger partial charge in [-0.15, -0.1) is 0 Å². The summed E-state index contributed by atoms with van der Waals surface area (Å²) < 4.78 is 1.08. The zero-order valence-corrected chi connectivity index (χ0v) is 10.1. The zero-order valence-electron chi connectivity index (χ0n) is 8.50. The molecule has 14 heavy (non-hydrogen) atoms. The first-order chi connectivity index (χ1) is 6.63. The highest BCUT2D eigenvalue weighted by Gasteiger charge is 2.09. The van der Waals surface area contributed by atoms with Crippen molar-refractivity contribution in [3.8, 4) is 0 Å². The van der Waals surface area contributed by atoms with Crippen LogP contribution in [0.2, 0.25) is 0 Å². The third kappa shape index (κ3) is 3.38. The Morgan fingerprint density at radius 2 is 2.21 bits per heavy atom. The summed E-state index contributed by atoms with van der Waals surface area (Å²) in [6.07, 6.45) is 0. The van der Waals surface area contributed by atoms with Crippen LogP contribution in [-0.4, -0.2) is 25.6 Å². The molecule has 1 aromatic carbocycles. The van der Waals surface area contributed by atoms with E-state index >= 15 is 0 Å². The van der Waals surface area contributed by atoms with Gasteiger partial charge in [-0.3, -0.25) is 0 Å². The van der Waals surface area contributed by atoms with Gasteiger partial charge in [0.1, 0.15) is 0 Å². The summed E-state index contributed by atoms with van der Waals surface area (Å²) >= 11 is 3.44. The minimum Gasteiger partial charge on any atom is -0.329 e. The Morgan fingerprint density at radius 1 is 1.50 bits per heavy atom. The normalized spacial score (nSPS) is 13.2. The van der Waals surface area contributed by atoms with Crippen LogP contribution in [0, 0.1) is 0 Å². The molecular formula is C10H16BrN3. The van der Waals surface area contributed by atoms with Gasteiger partial charge in [-0.05, 0) is 17.7 Å². The summed E-state index contributed by atoms with van der Waals surface area (Å²) in [6.45, 7) is 0.578. The van der Waals surface area contributed by atoms with Crippen LogP contribution in [0.3, 0.4) is 0 Å². The number of hydrazine groups is 1. The van der Waals surface area contributed by atoms with Crippen molar-refractivity contribution in [1.29, 1.82) is 0 Å². The highest BCUT2D eigenvalue weighted by Crippen LogP contribution is 2.17. The van der Waals surface area contributed by atoms with Crippen molar-refractivity contribution in [3.63, 3.8) is 0 Å². The van der Waals surface area contributed by atoms with Crippen molar-refractivity contribution in [2.75, 3.05) is 20.6 Å². The zero-order chi connectivity index (χ0) is 10.6. The molecule has 3 nitrogen and oxygen atoms in total. The lowest BCUT2D eigenvalue weighted by atomic mass is 10.1. The second kappa shape index (κ2) is 5.46. The van der Waals surface area contributed by atoms with Gasteiger partial charge in [0.15, 0.2) is 0 Å². The molecule has 0 fully saturated rings. The summed E-state index contributed by atoms with van der Waals surface area (Å²) in [5, 5.41) is 1.92. The summed E-state index contributed by atoms with van der Waals surface area (Å²) in [6, 6.07) is 8.33. The van der Waals surface area contributed by atoms with Gasteiger partial charge in [0.25, 0.3) is 0 Å². The largest absolute Gasteiger partial charge is 0.329 e. The minimum atomic E-state index is 0.169. The fourth-order valence-electron chi connectivity index (χ4n) is 1.30. The molecule has 0 aliphatic rings. The van der Waals surface area contributed by atoms with Gasteiger partial charge in [0.2, 0.25) is 0 Å². The van der Waals surface area contributed by atoms with Crippen LogP contribution >= 0.6 is 15.9 Å². The summed E-state index contributed by atoms with van der Waals surface area (Å²) in [7, 11) is 3.92. The van der Waals surface area contributed by atoms with Gasteiger partial charge in [0, 0.05) is 25.1 Å². The van der Waals surface area contributed by atoms with E-state index in [4.69, 9.17) is 5.73 Å². The standard InChI is InChI=1S/C10H16BrN3/c1-14(2)13-10(7-12)8-4-3-5-9(11)6-8/h3-6,10,13H,7,12H2,1-2H3. The van der Waals surface area contributed by atoms with Crippen molar-refractivity contribution in [3.05, 3.63) is 34.3 Å². The average Bonchev–Trinajstić information content (AvgIpc) is 2.14. The Kier molecular flexibility index (Phi) is 4.54. The summed E-state index contributed by atoms with van der Waals surface area (Å²) in [4.78, 5) is 0. The quantitative estimate of drug-likeness (QED) is 0.804. The Labute approximate surface area is 93.4 Å². The van der Waals surface area contributed by atoms with Crippen LogP contribution < -0.4 is 11.2 Å². The van der Waals surface area contributed by atoms with E-state index in [0.717, 1.165) is 4.47 Å². The van der Waals surface area contributed by atoms with Crippen LogP contribution in [0.5, 0.6) is 0 Å². The van der Waals surface area contributed by atoms with E-state index in [1.807, 2.05) is 31.2 Å². The predicted molar refractivity (Wildman–Crippen MR) is 62.8 cm³/mol. The Morgan fingerprint density at radius 3 is 2.71 bits per heavy atom. The Bertz CT molecular complexity index is 288. The maximum Gasteiger partial charge on any atom is 0.0587 e. The maximum atomic E-state index is 5.70. The SMILES string of the molecule is CN(C)NC(CN)c1cccc(Br)c1. The predicted octanol–water partition coefficient (Wildman–Crippen LogP) is 1.52. The van der Waals surface area contributed by atoms with E-state index in [2.05, 4.69) is 33.5 Å².